The number of Topliss-reactive ketones (excluding diaryl/α,β-unsaturated/α-hetero) is 2. The Morgan fingerprint density at radius 2 is 1.05 bits per heavy atom. The molecule has 3 N–H and O–H groups in total. The fourth-order valence-corrected chi connectivity index (χ4v) is 2.36. The first-order valence-electron chi connectivity index (χ1n) is 6.72. The van der Waals surface area contributed by atoms with Gasteiger partial charge in [0.1, 0.15) is 12.1 Å². The second kappa shape index (κ2) is 5.97. The van der Waals surface area contributed by atoms with Gasteiger partial charge in [0.2, 0.25) is 0 Å². The average molecular weight is 281 g/mol. The van der Waals surface area contributed by atoms with Crippen LogP contribution in [0.25, 0.3) is 0 Å². The first-order chi connectivity index (χ1) is 10.3. The van der Waals surface area contributed by atoms with Crippen molar-refractivity contribution in [3.63, 3.8) is 0 Å². The molecule has 3 rings (SSSR count). The van der Waals surface area contributed by atoms with Crippen LogP contribution in [0.5, 0.6) is 0 Å². The third-order valence-electron chi connectivity index (χ3n) is 3.47. The number of hydrazine groups is 2. The van der Waals surface area contributed by atoms with Crippen LogP contribution in [-0.2, 0) is 0 Å². The zero-order chi connectivity index (χ0) is 14.7. The smallest absolute Gasteiger partial charge is 0.183 e. The van der Waals surface area contributed by atoms with Crippen LogP contribution in [0.15, 0.2) is 60.7 Å². The van der Waals surface area contributed by atoms with Gasteiger partial charge in [0.15, 0.2) is 11.6 Å². The van der Waals surface area contributed by atoms with E-state index in [1.54, 1.807) is 48.5 Å². The predicted molar refractivity (Wildman–Crippen MR) is 78.5 cm³/mol. The third kappa shape index (κ3) is 2.75. The number of carbonyl (C=O) groups excluding carboxylic acids is 2. The van der Waals surface area contributed by atoms with E-state index in [-0.39, 0.29) is 11.6 Å². The number of nitrogens with one attached hydrogen (secondary N) is 3. The molecule has 1 heterocycles. The fraction of sp³-hybridized carbons (Fsp3) is 0.125. The number of rotatable bonds is 4. The molecular weight excluding hydrogens is 266 g/mol. The van der Waals surface area contributed by atoms with E-state index in [1.165, 1.54) is 0 Å². The molecule has 0 amide bonds. The number of carbonyl (C=O) groups is 2. The molecule has 0 aromatic heterocycles. The summed E-state index contributed by atoms with van der Waals surface area (Å²) in [6.07, 6.45) is 0. The molecule has 1 aliphatic rings. The molecule has 1 aliphatic heterocycles. The van der Waals surface area contributed by atoms with E-state index in [0.29, 0.717) is 11.1 Å². The Hall–Kier alpha value is -2.34. The maximum absolute atomic E-state index is 12.5. The first-order valence-corrected chi connectivity index (χ1v) is 6.72. The van der Waals surface area contributed by atoms with Gasteiger partial charge in [-0.15, -0.1) is 0 Å². The molecule has 21 heavy (non-hydrogen) atoms. The van der Waals surface area contributed by atoms with E-state index in [9.17, 15) is 9.59 Å². The quantitative estimate of drug-likeness (QED) is 0.732. The Morgan fingerprint density at radius 1 is 0.667 bits per heavy atom. The van der Waals surface area contributed by atoms with Gasteiger partial charge in [-0.1, -0.05) is 60.7 Å². The molecule has 2 atom stereocenters. The Labute approximate surface area is 122 Å². The number of benzene rings is 2. The summed E-state index contributed by atoms with van der Waals surface area (Å²) in [5.74, 6) is -0.246. The van der Waals surface area contributed by atoms with E-state index in [1.807, 2.05) is 12.1 Å². The molecule has 5 nitrogen and oxygen atoms in total. The zero-order valence-electron chi connectivity index (χ0n) is 11.2. The normalized spacial score (nSPS) is 21.1. The van der Waals surface area contributed by atoms with Crippen LogP contribution in [0.2, 0.25) is 0 Å². The molecule has 0 aliphatic carbocycles. The molecule has 0 saturated carbocycles. The molecule has 1 fully saturated rings. The van der Waals surface area contributed by atoms with E-state index in [4.69, 9.17) is 0 Å². The Morgan fingerprint density at radius 3 is 1.43 bits per heavy atom. The highest BCUT2D eigenvalue weighted by Gasteiger charge is 2.38. The van der Waals surface area contributed by atoms with Gasteiger partial charge in [0.05, 0.1) is 0 Å². The second-order valence-corrected chi connectivity index (χ2v) is 4.83. The maximum Gasteiger partial charge on any atom is 0.183 e. The molecule has 2 aromatic rings. The highest BCUT2D eigenvalue weighted by Crippen LogP contribution is 2.13. The fourth-order valence-electron chi connectivity index (χ4n) is 2.36. The zero-order valence-corrected chi connectivity index (χ0v) is 11.2. The van der Waals surface area contributed by atoms with Gasteiger partial charge in [-0.3, -0.25) is 9.59 Å². The molecule has 2 aromatic carbocycles. The summed E-state index contributed by atoms with van der Waals surface area (Å²) in [7, 11) is 0. The van der Waals surface area contributed by atoms with Crippen molar-refractivity contribution in [3.05, 3.63) is 71.8 Å². The lowest BCUT2D eigenvalue weighted by Gasteiger charge is -2.16. The van der Waals surface area contributed by atoms with Crippen LogP contribution in [-0.4, -0.2) is 23.7 Å². The van der Waals surface area contributed by atoms with Crippen molar-refractivity contribution in [1.82, 2.24) is 16.4 Å². The Kier molecular flexibility index (Phi) is 3.87. The van der Waals surface area contributed by atoms with Crippen molar-refractivity contribution < 1.29 is 9.59 Å². The van der Waals surface area contributed by atoms with Crippen molar-refractivity contribution >= 4 is 11.6 Å². The monoisotopic (exact) mass is 281 g/mol. The SMILES string of the molecule is O=C(c1ccccc1)C1NNNC1C(=O)c1ccccc1. The Balaban J connectivity index is 1.83. The standard InChI is InChI=1S/C16H15N3O2/c20-15(11-7-3-1-4-8-11)13-14(18-19-17-13)16(21)12-9-5-2-6-10-12/h1-10,13-14,17-19H. The van der Waals surface area contributed by atoms with Crippen LogP contribution in [0.4, 0.5) is 0 Å². The summed E-state index contributed by atoms with van der Waals surface area (Å²) in [5, 5.41) is 0. The maximum atomic E-state index is 12.5. The summed E-state index contributed by atoms with van der Waals surface area (Å²) in [6, 6.07) is 16.6. The predicted octanol–water partition coefficient (Wildman–Crippen LogP) is 1.10. The number of ketones is 2. The van der Waals surface area contributed by atoms with Gasteiger partial charge in [0.25, 0.3) is 0 Å². The van der Waals surface area contributed by atoms with Gasteiger partial charge in [-0.2, -0.15) is 5.53 Å². The topological polar surface area (TPSA) is 70.2 Å². The molecule has 5 heteroatoms. The number of hydrogen-bond acceptors (Lipinski definition) is 5. The molecule has 106 valence electrons. The summed E-state index contributed by atoms with van der Waals surface area (Å²) < 4.78 is 0. The lowest BCUT2D eigenvalue weighted by molar-refractivity contribution is 0.0868. The van der Waals surface area contributed by atoms with Crippen molar-refractivity contribution in [2.24, 2.45) is 0 Å². The summed E-state index contributed by atoms with van der Waals surface area (Å²) in [5.41, 5.74) is 9.48. The summed E-state index contributed by atoms with van der Waals surface area (Å²) >= 11 is 0. The van der Waals surface area contributed by atoms with E-state index in [2.05, 4.69) is 16.4 Å². The van der Waals surface area contributed by atoms with Crippen molar-refractivity contribution in [3.8, 4) is 0 Å². The van der Waals surface area contributed by atoms with Crippen molar-refractivity contribution in [1.29, 1.82) is 0 Å². The van der Waals surface area contributed by atoms with Crippen LogP contribution in [0.3, 0.4) is 0 Å². The molecule has 0 radical (unpaired) electrons. The highest BCUT2D eigenvalue weighted by atomic mass is 16.1. The molecule has 1 saturated heterocycles. The van der Waals surface area contributed by atoms with E-state index >= 15 is 0 Å². The van der Waals surface area contributed by atoms with Crippen LogP contribution in [0, 0.1) is 0 Å². The average Bonchev–Trinajstić information content (AvgIpc) is 3.04. The highest BCUT2D eigenvalue weighted by molar-refractivity contribution is 6.08. The molecule has 2 unspecified atom stereocenters. The first kappa shape index (κ1) is 13.6. The van der Waals surface area contributed by atoms with Gasteiger partial charge >= 0.3 is 0 Å². The summed E-state index contributed by atoms with van der Waals surface area (Å²) in [4.78, 5) is 25.0. The van der Waals surface area contributed by atoms with Gasteiger partial charge in [-0.05, 0) is 0 Å². The van der Waals surface area contributed by atoms with Gasteiger partial charge in [0, 0.05) is 11.1 Å². The minimum Gasteiger partial charge on any atom is -0.292 e. The molecular formula is C16H15N3O2. The second-order valence-electron chi connectivity index (χ2n) is 4.83. The third-order valence-corrected chi connectivity index (χ3v) is 3.47. The molecule has 0 spiro atoms. The number of hydrogen-bond donors (Lipinski definition) is 3. The lowest BCUT2D eigenvalue weighted by Crippen LogP contribution is -2.45. The van der Waals surface area contributed by atoms with Gasteiger partial charge < -0.3 is 0 Å². The van der Waals surface area contributed by atoms with Crippen molar-refractivity contribution in [2.75, 3.05) is 0 Å². The Bertz CT molecular complexity index is 586. The molecule has 0 bridgehead atoms. The van der Waals surface area contributed by atoms with Crippen LogP contribution in [0.1, 0.15) is 20.7 Å². The largest absolute Gasteiger partial charge is 0.292 e. The van der Waals surface area contributed by atoms with Crippen LogP contribution >= 0.6 is 0 Å². The van der Waals surface area contributed by atoms with E-state index < -0.39 is 12.1 Å². The van der Waals surface area contributed by atoms with Crippen LogP contribution < -0.4 is 16.4 Å². The van der Waals surface area contributed by atoms with Crippen molar-refractivity contribution in [2.45, 2.75) is 12.1 Å². The summed E-state index contributed by atoms with van der Waals surface area (Å²) in [6.45, 7) is 0. The minimum absolute atomic E-state index is 0.123. The van der Waals surface area contributed by atoms with Gasteiger partial charge in [-0.25, -0.2) is 10.9 Å². The minimum atomic E-state index is -0.639. The van der Waals surface area contributed by atoms with E-state index in [0.717, 1.165) is 0 Å². The lowest BCUT2D eigenvalue weighted by atomic mass is 9.93.